The van der Waals surface area contributed by atoms with Gasteiger partial charge in [0.1, 0.15) is 11.5 Å². The van der Waals surface area contributed by atoms with Crippen LogP contribution in [-0.4, -0.2) is 73.1 Å². The summed E-state index contributed by atoms with van der Waals surface area (Å²) in [6, 6.07) is 17.8. The van der Waals surface area contributed by atoms with E-state index in [1.54, 1.807) is 49.2 Å². The predicted molar refractivity (Wildman–Crippen MR) is 142 cm³/mol. The van der Waals surface area contributed by atoms with Gasteiger partial charge in [0.2, 0.25) is 0 Å². The summed E-state index contributed by atoms with van der Waals surface area (Å²) >= 11 is 0. The van der Waals surface area contributed by atoms with E-state index in [2.05, 4.69) is 15.3 Å². The van der Waals surface area contributed by atoms with E-state index >= 15 is 0 Å². The molecule has 9 heteroatoms. The van der Waals surface area contributed by atoms with Gasteiger partial charge in [0.15, 0.2) is 5.69 Å². The SMILES string of the molecule is COc1cccc(OC)c1-c1cc(C(=O)O)nn1-c1ccc(C(=O)NCCCN(C)C)c2ccccc12. The Labute approximate surface area is 215 Å². The molecule has 4 rings (SSSR count). The van der Waals surface area contributed by atoms with E-state index in [4.69, 9.17) is 9.47 Å². The number of aromatic carboxylic acids is 1. The fourth-order valence-electron chi connectivity index (χ4n) is 4.31. The summed E-state index contributed by atoms with van der Waals surface area (Å²) in [5, 5.41) is 18.6. The summed E-state index contributed by atoms with van der Waals surface area (Å²) in [5.74, 6) is -0.308. The van der Waals surface area contributed by atoms with E-state index < -0.39 is 5.97 Å². The molecule has 0 spiro atoms. The minimum Gasteiger partial charge on any atom is -0.496 e. The van der Waals surface area contributed by atoms with Crippen molar-refractivity contribution >= 4 is 22.6 Å². The smallest absolute Gasteiger partial charge is 0.356 e. The van der Waals surface area contributed by atoms with Crippen molar-refractivity contribution in [3.63, 3.8) is 0 Å². The van der Waals surface area contributed by atoms with Gasteiger partial charge in [-0.05, 0) is 62.8 Å². The highest BCUT2D eigenvalue weighted by Gasteiger charge is 2.23. The molecule has 2 N–H and O–H groups in total. The first-order valence-corrected chi connectivity index (χ1v) is 11.9. The van der Waals surface area contributed by atoms with Crippen LogP contribution in [0.15, 0.2) is 60.7 Å². The van der Waals surface area contributed by atoms with Crippen LogP contribution < -0.4 is 14.8 Å². The molecule has 1 amide bonds. The average molecular weight is 503 g/mol. The number of carbonyl (C=O) groups excluding carboxylic acids is 1. The normalized spacial score (nSPS) is 11.1. The second-order valence-corrected chi connectivity index (χ2v) is 8.76. The van der Waals surface area contributed by atoms with Crippen molar-refractivity contribution in [2.45, 2.75) is 6.42 Å². The molecule has 37 heavy (non-hydrogen) atoms. The van der Waals surface area contributed by atoms with E-state index in [-0.39, 0.29) is 11.6 Å². The number of ether oxygens (including phenoxy) is 2. The van der Waals surface area contributed by atoms with Crippen molar-refractivity contribution in [2.24, 2.45) is 0 Å². The lowest BCUT2D eigenvalue weighted by Gasteiger charge is -2.17. The summed E-state index contributed by atoms with van der Waals surface area (Å²) in [6.07, 6.45) is 0.837. The lowest BCUT2D eigenvalue weighted by Crippen LogP contribution is -2.27. The molecule has 0 saturated carbocycles. The van der Waals surface area contributed by atoms with Crippen molar-refractivity contribution in [1.82, 2.24) is 20.0 Å². The number of rotatable bonds is 10. The van der Waals surface area contributed by atoms with Crippen molar-refractivity contribution in [3.8, 4) is 28.4 Å². The first-order chi connectivity index (χ1) is 17.8. The molecule has 9 nitrogen and oxygen atoms in total. The van der Waals surface area contributed by atoms with E-state index in [1.807, 2.05) is 38.4 Å². The van der Waals surface area contributed by atoms with Crippen LogP contribution in [0.4, 0.5) is 0 Å². The van der Waals surface area contributed by atoms with E-state index in [9.17, 15) is 14.7 Å². The number of benzene rings is 3. The minimum atomic E-state index is -1.16. The fourth-order valence-corrected chi connectivity index (χ4v) is 4.31. The van der Waals surface area contributed by atoms with Crippen molar-refractivity contribution in [2.75, 3.05) is 41.4 Å². The second kappa shape index (κ2) is 11.1. The molecule has 0 radical (unpaired) electrons. The molecule has 0 saturated heterocycles. The highest BCUT2D eigenvalue weighted by atomic mass is 16.5. The summed E-state index contributed by atoms with van der Waals surface area (Å²) < 4.78 is 12.7. The van der Waals surface area contributed by atoms with Gasteiger partial charge in [-0.1, -0.05) is 30.3 Å². The molecule has 1 aromatic heterocycles. The van der Waals surface area contributed by atoms with Gasteiger partial charge in [-0.15, -0.1) is 0 Å². The quantitative estimate of drug-likeness (QED) is 0.315. The van der Waals surface area contributed by atoms with Crippen molar-refractivity contribution in [3.05, 3.63) is 71.9 Å². The molecular weight excluding hydrogens is 472 g/mol. The van der Waals surface area contributed by atoms with E-state index in [1.165, 1.54) is 6.07 Å². The number of carboxylic acid groups (broad SMARTS) is 1. The number of nitrogens with zero attached hydrogens (tertiary/aromatic N) is 3. The predicted octanol–water partition coefficient (Wildman–Crippen LogP) is 4.09. The van der Waals surface area contributed by atoms with Gasteiger partial charge in [0.05, 0.1) is 31.2 Å². The molecule has 3 aromatic carbocycles. The van der Waals surface area contributed by atoms with Crippen LogP contribution in [0.2, 0.25) is 0 Å². The van der Waals surface area contributed by atoms with Crippen LogP contribution >= 0.6 is 0 Å². The maximum Gasteiger partial charge on any atom is 0.356 e. The molecule has 0 atom stereocenters. The largest absolute Gasteiger partial charge is 0.496 e. The lowest BCUT2D eigenvalue weighted by atomic mass is 10.0. The summed E-state index contributed by atoms with van der Waals surface area (Å²) in [6.45, 7) is 1.44. The summed E-state index contributed by atoms with van der Waals surface area (Å²) in [7, 11) is 7.07. The molecule has 192 valence electrons. The maximum atomic E-state index is 13.0. The number of methoxy groups -OCH3 is 2. The third-order valence-electron chi connectivity index (χ3n) is 6.05. The maximum absolute atomic E-state index is 13.0. The number of hydrogen-bond donors (Lipinski definition) is 2. The second-order valence-electron chi connectivity index (χ2n) is 8.76. The van der Waals surface area contributed by atoms with Crippen LogP contribution in [0.25, 0.3) is 27.7 Å². The Bertz CT molecular complexity index is 1420. The third-order valence-corrected chi connectivity index (χ3v) is 6.05. The van der Waals surface area contributed by atoms with Crippen LogP contribution in [-0.2, 0) is 0 Å². The zero-order valence-electron chi connectivity index (χ0n) is 21.3. The Morgan fingerprint density at radius 1 is 0.973 bits per heavy atom. The number of carboxylic acids is 1. The van der Waals surface area contributed by atoms with Gasteiger partial charge < -0.3 is 24.8 Å². The molecule has 0 aliphatic carbocycles. The Kier molecular flexibility index (Phi) is 7.74. The Balaban J connectivity index is 1.86. The highest BCUT2D eigenvalue weighted by Crippen LogP contribution is 2.40. The van der Waals surface area contributed by atoms with Gasteiger partial charge in [0.25, 0.3) is 5.91 Å². The molecular formula is C28H30N4O5. The van der Waals surface area contributed by atoms with Gasteiger partial charge in [0, 0.05) is 17.5 Å². The third kappa shape index (κ3) is 5.26. The van der Waals surface area contributed by atoms with E-state index in [0.29, 0.717) is 40.6 Å². The van der Waals surface area contributed by atoms with Gasteiger partial charge in [-0.3, -0.25) is 4.79 Å². The van der Waals surface area contributed by atoms with Gasteiger partial charge in [-0.25, -0.2) is 9.48 Å². The lowest BCUT2D eigenvalue weighted by molar-refractivity contribution is 0.0689. The number of hydrogen-bond acceptors (Lipinski definition) is 6. The molecule has 0 aliphatic rings. The number of aromatic nitrogens is 2. The standard InChI is InChI=1S/C28H30N4O5/c1-31(2)16-8-15-29-27(33)20-13-14-22(19-10-6-5-9-18(19)20)32-23(17-21(30-32)28(34)35)26-24(36-3)11-7-12-25(26)37-4/h5-7,9-14,17H,8,15-16H2,1-4H3,(H,29,33)(H,34,35). The van der Waals surface area contributed by atoms with Crippen LogP contribution in [0.3, 0.4) is 0 Å². The van der Waals surface area contributed by atoms with Crippen LogP contribution in [0.1, 0.15) is 27.3 Å². The number of carbonyl (C=O) groups is 2. The molecule has 0 fully saturated rings. The van der Waals surface area contributed by atoms with E-state index in [0.717, 1.165) is 23.7 Å². The highest BCUT2D eigenvalue weighted by molar-refractivity contribution is 6.09. The number of fused-ring (bicyclic) bond motifs is 1. The van der Waals surface area contributed by atoms with Gasteiger partial charge >= 0.3 is 5.97 Å². The van der Waals surface area contributed by atoms with Crippen LogP contribution in [0.5, 0.6) is 11.5 Å². The molecule has 0 unspecified atom stereocenters. The topological polar surface area (TPSA) is 106 Å². The average Bonchev–Trinajstić information content (AvgIpc) is 3.34. The summed E-state index contributed by atoms with van der Waals surface area (Å²) in [4.78, 5) is 27.0. The fraction of sp³-hybridized carbons (Fsp3) is 0.250. The van der Waals surface area contributed by atoms with Crippen LogP contribution in [0, 0.1) is 0 Å². The first-order valence-electron chi connectivity index (χ1n) is 11.9. The molecule has 0 aliphatic heterocycles. The Morgan fingerprint density at radius 3 is 2.27 bits per heavy atom. The summed E-state index contributed by atoms with van der Waals surface area (Å²) in [5.41, 5.74) is 2.08. The zero-order chi connectivity index (χ0) is 26.5. The Hall–Kier alpha value is -4.37. The minimum absolute atomic E-state index is 0.130. The monoisotopic (exact) mass is 502 g/mol. The van der Waals surface area contributed by atoms with Crippen molar-refractivity contribution < 1.29 is 24.2 Å². The Morgan fingerprint density at radius 2 is 1.65 bits per heavy atom. The van der Waals surface area contributed by atoms with Gasteiger partial charge in [-0.2, -0.15) is 5.10 Å². The molecule has 1 heterocycles. The van der Waals surface area contributed by atoms with Crippen molar-refractivity contribution in [1.29, 1.82) is 0 Å². The first kappa shape index (κ1) is 25.7. The molecule has 0 bridgehead atoms. The molecule has 4 aromatic rings. The number of amides is 1. The number of nitrogens with one attached hydrogen (secondary N) is 1. The zero-order valence-corrected chi connectivity index (χ0v) is 21.3.